The van der Waals surface area contributed by atoms with Gasteiger partial charge in [-0.3, -0.25) is 0 Å². The fraction of sp³-hybridized carbons (Fsp3) is 0.438. The summed E-state index contributed by atoms with van der Waals surface area (Å²) in [6.07, 6.45) is 0. The van der Waals surface area contributed by atoms with Crippen LogP contribution in [0, 0.1) is 0 Å². The Morgan fingerprint density at radius 3 is 2.90 bits per heavy atom. The predicted octanol–water partition coefficient (Wildman–Crippen LogP) is 3.37. The summed E-state index contributed by atoms with van der Waals surface area (Å²) in [5, 5.41) is 6.51. The highest BCUT2D eigenvalue weighted by molar-refractivity contribution is 7.09. The van der Waals surface area contributed by atoms with Gasteiger partial charge < -0.3 is 14.8 Å². The van der Waals surface area contributed by atoms with E-state index in [1.807, 2.05) is 24.3 Å². The van der Waals surface area contributed by atoms with Crippen molar-refractivity contribution in [2.24, 2.45) is 0 Å². The zero-order valence-electron chi connectivity index (χ0n) is 12.8. The van der Waals surface area contributed by atoms with Gasteiger partial charge in [0.15, 0.2) is 0 Å². The van der Waals surface area contributed by atoms with Gasteiger partial charge >= 0.3 is 0 Å². The van der Waals surface area contributed by atoms with Crippen LogP contribution in [0.15, 0.2) is 29.6 Å². The normalized spacial score (nSPS) is 11.0. The van der Waals surface area contributed by atoms with Gasteiger partial charge in [0, 0.05) is 25.1 Å². The van der Waals surface area contributed by atoms with Crippen molar-refractivity contribution in [3.05, 3.63) is 45.9 Å². The van der Waals surface area contributed by atoms with Gasteiger partial charge in [0.05, 0.1) is 12.3 Å². The standard InChI is InChI=1S/C16H22N2O2S/c1-12(2)17-8-16-18-14(11-21-16)10-20-15-6-4-5-13(7-15)9-19-3/h4-7,11-12,17H,8-10H2,1-3H3. The SMILES string of the molecule is COCc1cccc(OCc2csc(CNC(C)C)n2)c1. The summed E-state index contributed by atoms with van der Waals surface area (Å²) in [5.41, 5.74) is 2.08. The van der Waals surface area contributed by atoms with Crippen LogP contribution in [0.1, 0.15) is 30.1 Å². The number of rotatable bonds is 8. The van der Waals surface area contributed by atoms with Crippen LogP contribution in [-0.4, -0.2) is 18.1 Å². The zero-order valence-corrected chi connectivity index (χ0v) is 13.6. The van der Waals surface area contributed by atoms with Crippen molar-refractivity contribution in [3.8, 4) is 5.75 Å². The molecule has 1 aromatic carbocycles. The van der Waals surface area contributed by atoms with E-state index in [2.05, 4.69) is 29.5 Å². The molecule has 0 saturated carbocycles. The van der Waals surface area contributed by atoms with E-state index in [1.54, 1.807) is 18.4 Å². The zero-order chi connectivity index (χ0) is 15.1. The van der Waals surface area contributed by atoms with Crippen LogP contribution in [0.3, 0.4) is 0 Å². The summed E-state index contributed by atoms with van der Waals surface area (Å²) in [7, 11) is 1.69. The lowest BCUT2D eigenvalue weighted by Crippen LogP contribution is -2.21. The molecule has 0 aliphatic heterocycles. The molecule has 0 radical (unpaired) electrons. The highest BCUT2D eigenvalue weighted by Crippen LogP contribution is 2.17. The highest BCUT2D eigenvalue weighted by atomic mass is 32.1. The fourth-order valence-electron chi connectivity index (χ4n) is 1.84. The van der Waals surface area contributed by atoms with Crippen molar-refractivity contribution in [2.75, 3.05) is 7.11 Å². The summed E-state index contributed by atoms with van der Waals surface area (Å²) in [4.78, 5) is 4.56. The first-order valence-electron chi connectivity index (χ1n) is 7.04. The van der Waals surface area contributed by atoms with E-state index in [4.69, 9.17) is 9.47 Å². The Labute approximate surface area is 130 Å². The van der Waals surface area contributed by atoms with E-state index in [-0.39, 0.29) is 0 Å². The van der Waals surface area contributed by atoms with Gasteiger partial charge in [0.2, 0.25) is 0 Å². The number of nitrogens with one attached hydrogen (secondary N) is 1. The molecular weight excluding hydrogens is 284 g/mol. The maximum atomic E-state index is 5.79. The molecule has 4 nitrogen and oxygen atoms in total. The van der Waals surface area contributed by atoms with Gasteiger partial charge in [-0.1, -0.05) is 26.0 Å². The molecule has 0 bridgehead atoms. The molecule has 2 aromatic rings. The van der Waals surface area contributed by atoms with E-state index >= 15 is 0 Å². The predicted molar refractivity (Wildman–Crippen MR) is 85.6 cm³/mol. The third-order valence-electron chi connectivity index (χ3n) is 2.86. The van der Waals surface area contributed by atoms with Gasteiger partial charge in [-0.15, -0.1) is 11.3 Å². The minimum atomic E-state index is 0.470. The fourth-order valence-corrected chi connectivity index (χ4v) is 2.57. The first kappa shape index (κ1) is 15.9. The van der Waals surface area contributed by atoms with Crippen molar-refractivity contribution >= 4 is 11.3 Å². The number of methoxy groups -OCH3 is 1. The van der Waals surface area contributed by atoms with Gasteiger partial charge in [-0.05, 0) is 17.7 Å². The molecule has 0 aliphatic rings. The third kappa shape index (κ3) is 5.46. The Balaban J connectivity index is 1.86. The maximum absolute atomic E-state index is 5.79. The van der Waals surface area contributed by atoms with Crippen molar-refractivity contribution < 1.29 is 9.47 Å². The molecule has 0 amide bonds. The lowest BCUT2D eigenvalue weighted by Gasteiger charge is -2.06. The van der Waals surface area contributed by atoms with Crippen LogP contribution in [0.25, 0.3) is 0 Å². The van der Waals surface area contributed by atoms with Crippen LogP contribution in [-0.2, 0) is 24.5 Å². The average Bonchev–Trinajstić information content (AvgIpc) is 2.92. The minimum absolute atomic E-state index is 0.470. The molecule has 0 spiro atoms. The van der Waals surface area contributed by atoms with Gasteiger partial charge in [0.25, 0.3) is 0 Å². The Morgan fingerprint density at radius 1 is 1.29 bits per heavy atom. The van der Waals surface area contributed by atoms with Gasteiger partial charge in [0.1, 0.15) is 17.4 Å². The molecule has 0 fully saturated rings. The molecular formula is C16H22N2O2S. The first-order valence-corrected chi connectivity index (χ1v) is 7.92. The third-order valence-corrected chi connectivity index (χ3v) is 3.75. The summed E-state index contributed by atoms with van der Waals surface area (Å²) in [5.74, 6) is 0.847. The maximum Gasteiger partial charge on any atom is 0.131 e. The monoisotopic (exact) mass is 306 g/mol. The second-order valence-corrected chi connectivity index (χ2v) is 6.08. The smallest absolute Gasteiger partial charge is 0.131 e. The molecule has 5 heteroatoms. The molecule has 1 heterocycles. The molecule has 114 valence electrons. The summed E-state index contributed by atoms with van der Waals surface area (Å²) in [6, 6.07) is 8.42. The number of nitrogens with zero attached hydrogens (tertiary/aromatic N) is 1. The Hall–Kier alpha value is -1.43. The van der Waals surface area contributed by atoms with Crippen molar-refractivity contribution in [1.82, 2.24) is 10.3 Å². The van der Waals surface area contributed by atoms with Crippen LogP contribution < -0.4 is 10.1 Å². The molecule has 0 aliphatic carbocycles. The number of ether oxygens (including phenoxy) is 2. The summed E-state index contributed by atoms with van der Waals surface area (Å²) in [6.45, 7) is 6.16. The molecule has 2 rings (SSSR count). The Morgan fingerprint density at radius 2 is 2.14 bits per heavy atom. The molecule has 1 N–H and O–H groups in total. The minimum Gasteiger partial charge on any atom is -0.487 e. The highest BCUT2D eigenvalue weighted by Gasteiger charge is 2.04. The summed E-state index contributed by atoms with van der Waals surface area (Å²) >= 11 is 1.66. The van der Waals surface area contributed by atoms with E-state index in [9.17, 15) is 0 Å². The van der Waals surface area contributed by atoms with E-state index in [0.717, 1.165) is 28.6 Å². The van der Waals surface area contributed by atoms with E-state index < -0.39 is 0 Å². The Bertz CT molecular complexity index is 555. The van der Waals surface area contributed by atoms with Crippen LogP contribution in [0.5, 0.6) is 5.75 Å². The molecule has 1 aromatic heterocycles. The van der Waals surface area contributed by atoms with Crippen molar-refractivity contribution in [1.29, 1.82) is 0 Å². The molecule has 0 unspecified atom stereocenters. The van der Waals surface area contributed by atoms with E-state index in [0.29, 0.717) is 19.3 Å². The second-order valence-electron chi connectivity index (χ2n) is 5.14. The number of hydrogen-bond donors (Lipinski definition) is 1. The van der Waals surface area contributed by atoms with Crippen molar-refractivity contribution in [3.63, 3.8) is 0 Å². The summed E-state index contributed by atoms with van der Waals surface area (Å²) < 4.78 is 10.9. The van der Waals surface area contributed by atoms with Gasteiger partial charge in [-0.25, -0.2) is 4.98 Å². The topological polar surface area (TPSA) is 43.4 Å². The number of hydrogen-bond acceptors (Lipinski definition) is 5. The lowest BCUT2D eigenvalue weighted by atomic mass is 10.2. The van der Waals surface area contributed by atoms with Gasteiger partial charge in [-0.2, -0.15) is 0 Å². The lowest BCUT2D eigenvalue weighted by molar-refractivity contribution is 0.184. The molecule has 21 heavy (non-hydrogen) atoms. The van der Waals surface area contributed by atoms with E-state index in [1.165, 1.54) is 0 Å². The largest absolute Gasteiger partial charge is 0.487 e. The molecule has 0 saturated heterocycles. The van der Waals surface area contributed by atoms with Crippen LogP contribution in [0.4, 0.5) is 0 Å². The first-order chi connectivity index (χ1) is 10.2. The van der Waals surface area contributed by atoms with Crippen LogP contribution >= 0.6 is 11.3 Å². The second kappa shape index (κ2) is 8.12. The number of aromatic nitrogens is 1. The number of benzene rings is 1. The molecule has 0 atom stereocenters. The Kier molecular flexibility index (Phi) is 6.17. The quantitative estimate of drug-likeness (QED) is 0.812. The number of thiazole rings is 1. The van der Waals surface area contributed by atoms with Crippen LogP contribution in [0.2, 0.25) is 0 Å². The average molecular weight is 306 g/mol. The van der Waals surface area contributed by atoms with Crippen molar-refractivity contribution in [2.45, 2.75) is 39.6 Å².